The predicted octanol–water partition coefficient (Wildman–Crippen LogP) is 2.75. The van der Waals surface area contributed by atoms with Gasteiger partial charge in [-0.1, -0.05) is 26.0 Å². The maximum absolute atomic E-state index is 12.2. The van der Waals surface area contributed by atoms with E-state index >= 15 is 0 Å². The van der Waals surface area contributed by atoms with Gasteiger partial charge in [0.15, 0.2) is 0 Å². The summed E-state index contributed by atoms with van der Waals surface area (Å²) in [5.41, 5.74) is 6.52. The van der Waals surface area contributed by atoms with Crippen molar-refractivity contribution in [2.24, 2.45) is 11.1 Å². The van der Waals surface area contributed by atoms with Crippen LogP contribution in [0.2, 0.25) is 0 Å². The molecule has 96 valence electrons. The SMILES string of the molecule is CC(C)(CCN)C(=O)Nc1coc2ccccc12. The molecule has 0 unspecified atom stereocenters. The second-order valence-corrected chi connectivity index (χ2v) is 5.02. The van der Waals surface area contributed by atoms with Crippen molar-refractivity contribution in [1.82, 2.24) is 0 Å². The molecule has 0 fully saturated rings. The van der Waals surface area contributed by atoms with Crippen LogP contribution < -0.4 is 11.1 Å². The third-order valence-electron chi connectivity index (χ3n) is 3.11. The molecule has 1 aromatic heterocycles. The van der Waals surface area contributed by atoms with Gasteiger partial charge in [0.25, 0.3) is 0 Å². The molecule has 0 radical (unpaired) electrons. The van der Waals surface area contributed by atoms with Crippen molar-refractivity contribution in [1.29, 1.82) is 0 Å². The Morgan fingerprint density at radius 1 is 1.39 bits per heavy atom. The summed E-state index contributed by atoms with van der Waals surface area (Å²) in [6.45, 7) is 4.27. The maximum atomic E-state index is 12.2. The second-order valence-electron chi connectivity index (χ2n) is 5.02. The number of para-hydroxylation sites is 1. The van der Waals surface area contributed by atoms with Crippen LogP contribution in [0.3, 0.4) is 0 Å². The fourth-order valence-corrected chi connectivity index (χ4v) is 1.84. The minimum absolute atomic E-state index is 0.0421. The zero-order valence-corrected chi connectivity index (χ0v) is 10.7. The van der Waals surface area contributed by atoms with E-state index in [1.807, 2.05) is 38.1 Å². The lowest BCUT2D eigenvalue weighted by Crippen LogP contribution is -2.32. The summed E-state index contributed by atoms with van der Waals surface area (Å²) in [6, 6.07) is 7.61. The molecule has 4 nitrogen and oxygen atoms in total. The highest BCUT2D eigenvalue weighted by Gasteiger charge is 2.27. The minimum Gasteiger partial charge on any atom is -0.462 e. The number of carbonyl (C=O) groups is 1. The molecule has 2 aromatic rings. The molecule has 1 amide bonds. The number of hydrogen-bond donors (Lipinski definition) is 2. The van der Waals surface area contributed by atoms with E-state index in [9.17, 15) is 4.79 Å². The molecule has 0 spiro atoms. The Bertz CT molecular complexity index is 558. The molecule has 4 heteroatoms. The zero-order chi connectivity index (χ0) is 13.2. The first kappa shape index (κ1) is 12.6. The Hall–Kier alpha value is -1.81. The molecule has 18 heavy (non-hydrogen) atoms. The third kappa shape index (κ3) is 2.38. The van der Waals surface area contributed by atoms with Crippen LogP contribution in [0.1, 0.15) is 20.3 Å². The molecule has 3 N–H and O–H groups in total. The van der Waals surface area contributed by atoms with E-state index in [1.54, 1.807) is 6.26 Å². The molecule has 0 aliphatic carbocycles. The number of amides is 1. The number of hydrogen-bond acceptors (Lipinski definition) is 3. The van der Waals surface area contributed by atoms with Crippen LogP contribution in [0.25, 0.3) is 11.0 Å². The predicted molar refractivity (Wildman–Crippen MR) is 72.3 cm³/mol. The van der Waals surface area contributed by atoms with E-state index in [1.165, 1.54) is 0 Å². The molecular formula is C14H18N2O2. The van der Waals surface area contributed by atoms with E-state index in [4.69, 9.17) is 10.2 Å². The van der Waals surface area contributed by atoms with Crippen LogP contribution in [-0.2, 0) is 4.79 Å². The van der Waals surface area contributed by atoms with Crippen molar-refractivity contribution < 1.29 is 9.21 Å². The van der Waals surface area contributed by atoms with Gasteiger partial charge in [-0.15, -0.1) is 0 Å². The van der Waals surface area contributed by atoms with Gasteiger partial charge in [-0.05, 0) is 25.1 Å². The summed E-state index contributed by atoms with van der Waals surface area (Å²) in [6.07, 6.45) is 2.22. The Labute approximate surface area is 106 Å². The standard InChI is InChI=1S/C14H18N2O2/c1-14(2,7-8-15)13(17)16-11-9-18-12-6-4-3-5-10(11)12/h3-6,9H,7-8,15H2,1-2H3,(H,16,17). The lowest BCUT2D eigenvalue weighted by Gasteiger charge is -2.22. The Morgan fingerprint density at radius 3 is 2.83 bits per heavy atom. The zero-order valence-electron chi connectivity index (χ0n) is 10.7. The monoisotopic (exact) mass is 246 g/mol. The summed E-state index contributed by atoms with van der Waals surface area (Å²) in [4.78, 5) is 12.2. The number of nitrogens with two attached hydrogens (primary N) is 1. The molecule has 1 aromatic carbocycles. The third-order valence-corrected chi connectivity index (χ3v) is 3.11. The van der Waals surface area contributed by atoms with Gasteiger partial charge in [0.2, 0.25) is 5.91 Å². The summed E-state index contributed by atoms with van der Waals surface area (Å²) >= 11 is 0. The lowest BCUT2D eigenvalue weighted by molar-refractivity contribution is -0.124. The largest absolute Gasteiger partial charge is 0.462 e. The van der Waals surface area contributed by atoms with E-state index in [0.717, 1.165) is 11.0 Å². The van der Waals surface area contributed by atoms with Crippen molar-refractivity contribution >= 4 is 22.6 Å². The molecule has 0 aliphatic rings. The first-order chi connectivity index (χ1) is 8.54. The van der Waals surface area contributed by atoms with Crippen molar-refractivity contribution in [3.63, 3.8) is 0 Å². The van der Waals surface area contributed by atoms with E-state index < -0.39 is 5.41 Å². The Balaban J connectivity index is 2.21. The molecule has 0 saturated carbocycles. The molecule has 0 aliphatic heterocycles. The summed E-state index contributed by atoms with van der Waals surface area (Å²) in [5.74, 6) is -0.0421. The number of carbonyl (C=O) groups excluding carboxylic acids is 1. The number of benzene rings is 1. The van der Waals surface area contributed by atoms with Crippen molar-refractivity contribution in [3.05, 3.63) is 30.5 Å². The first-order valence-corrected chi connectivity index (χ1v) is 6.02. The van der Waals surface area contributed by atoms with Gasteiger partial charge in [-0.3, -0.25) is 4.79 Å². The van der Waals surface area contributed by atoms with Gasteiger partial charge < -0.3 is 15.5 Å². The number of fused-ring (bicyclic) bond motifs is 1. The van der Waals surface area contributed by atoms with Crippen LogP contribution in [0.15, 0.2) is 34.9 Å². The Morgan fingerprint density at radius 2 is 2.11 bits per heavy atom. The van der Waals surface area contributed by atoms with Crippen LogP contribution in [0, 0.1) is 5.41 Å². The molecule has 0 atom stereocenters. The van der Waals surface area contributed by atoms with Gasteiger partial charge in [0.1, 0.15) is 11.8 Å². The molecule has 0 bridgehead atoms. The van der Waals surface area contributed by atoms with Gasteiger partial charge >= 0.3 is 0 Å². The molecule has 0 saturated heterocycles. The number of rotatable bonds is 4. The van der Waals surface area contributed by atoms with Crippen molar-refractivity contribution in [2.75, 3.05) is 11.9 Å². The fourth-order valence-electron chi connectivity index (χ4n) is 1.84. The number of nitrogens with one attached hydrogen (secondary N) is 1. The van der Waals surface area contributed by atoms with Gasteiger partial charge in [-0.25, -0.2) is 0 Å². The average molecular weight is 246 g/mol. The average Bonchev–Trinajstić information content (AvgIpc) is 2.73. The van der Waals surface area contributed by atoms with Crippen LogP contribution in [0.5, 0.6) is 0 Å². The second kappa shape index (κ2) is 4.82. The van der Waals surface area contributed by atoms with Crippen molar-refractivity contribution in [3.8, 4) is 0 Å². The van der Waals surface area contributed by atoms with Crippen LogP contribution >= 0.6 is 0 Å². The van der Waals surface area contributed by atoms with Gasteiger partial charge in [-0.2, -0.15) is 0 Å². The number of furan rings is 1. The van der Waals surface area contributed by atoms with E-state index in [2.05, 4.69) is 5.32 Å². The smallest absolute Gasteiger partial charge is 0.230 e. The van der Waals surface area contributed by atoms with Crippen LogP contribution in [0.4, 0.5) is 5.69 Å². The molecular weight excluding hydrogens is 228 g/mol. The topological polar surface area (TPSA) is 68.3 Å². The van der Waals surface area contributed by atoms with E-state index in [-0.39, 0.29) is 5.91 Å². The van der Waals surface area contributed by atoms with Gasteiger partial charge in [0.05, 0.1) is 5.69 Å². The quantitative estimate of drug-likeness (QED) is 0.871. The Kier molecular flexibility index (Phi) is 3.39. The first-order valence-electron chi connectivity index (χ1n) is 6.02. The molecule has 2 rings (SSSR count). The summed E-state index contributed by atoms with van der Waals surface area (Å²) in [7, 11) is 0. The normalized spacial score (nSPS) is 11.7. The number of anilines is 1. The highest BCUT2D eigenvalue weighted by Crippen LogP contribution is 2.28. The minimum atomic E-state index is -0.479. The lowest BCUT2D eigenvalue weighted by atomic mass is 9.88. The highest BCUT2D eigenvalue weighted by atomic mass is 16.3. The summed E-state index contributed by atoms with van der Waals surface area (Å²) in [5, 5.41) is 3.81. The van der Waals surface area contributed by atoms with Crippen molar-refractivity contribution in [2.45, 2.75) is 20.3 Å². The highest BCUT2D eigenvalue weighted by molar-refractivity contribution is 6.02. The fraction of sp³-hybridized carbons (Fsp3) is 0.357. The van der Waals surface area contributed by atoms with E-state index in [0.29, 0.717) is 18.7 Å². The van der Waals surface area contributed by atoms with Gasteiger partial charge in [0, 0.05) is 10.8 Å². The summed E-state index contributed by atoms with van der Waals surface area (Å²) < 4.78 is 5.38. The molecule has 1 heterocycles. The van der Waals surface area contributed by atoms with Crippen LogP contribution in [-0.4, -0.2) is 12.5 Å². The maximum Gasteiger partial charge on any atom is 0.230 e.